The maximum absolute atomic E-state index is 14.5. The average molecular weight is 454 g/mol. The van der Waals surface area contributed by atoms with E-state index < -0.39 is 0 Å². The van der Waals surface area contributed by atoms with Gasteiger partial charge in [-0.05, 0) is 50.1 Å². The van der Waals surface area contributed by atoms with Crippen LogP contribution in [0.25, 0.3) is 17.1 Å². The number of rotatable bonds is 8. The number of aromatic nitrogens is 3. The average Bonchev–Trinajstić information content (AvgIpc) is 3.24. The second-order valence-electron chi connectivity index (χ2n) is 7.93. The molecule has 1 aliphatic rings. The molecule has 0 unspecified atom stereocenters. The number of nitrogens with zero attached hydrogens (tertiary/aromatic N) is 4. The van der Waals surface area contributed by atoms with E-state index in [2.05, 4.69) is 27.3 Å². The van der Waals surface area contributed by atoms with Gasteiger partial charge < -0.3 is 10.2 Å². The third-order valence-electron chi connectivity index (χ3n) is 5.59. The monoisotopic (exact) mass is 453 g/mol. The van der Waals surface area contributed by atoms with Gasteiger partial charge in [-0.1, -0.05) is 49.0 Å². The first-order valence-corrected chi connectivity index (χ1v) is 12.0. The minimum atomic E-state index is -0.360. The largest absolute Gasteiger partial charge is 0.353 e. The van der Waals surface area contributed by atoms with Gasteiger partial charge in [0.2, 0.25) is 5.91 Å². The lowest BCUT2D eigenvalue weighted by Crippen LogP contribution is -2.45. The highest BCUT2D eigenvalue weighted by molar-refractivity contribution is 7.99. The third-order valence-corrected chi connectivity index (χ3v) is 6.52. The van der Waals surface area contributed by atoms with Crippen LogP contribution in [0.15, 0.2) is 59.8 Å². The summed E-state index contributed by atoms with van der Waals surface area (Å²) in [6, 6.07) is 16.3. The van der Waals surface area contributed by atoms with Gasteiger partial charge in [-0.2, -0.15) is 0 Å². The van der Waals surface area contributed by atoms with E-state index in [0.29, 0.717) is 16.5 Å². The molecular formula is C24H28FN5OS. The lowest BCUT2D eigenvalue weighted by molar-refractivity contribution is -0.119. The lowest BCUT2D eigenvalue weighted by Gasteiger charge is -2.32. The van der Waals surface area contributed by atoms with E-state index in [1.807, 2.05) is 30.3 Å². The van der Waals surface area contributed by atoms with Crippen LogP contribution in [-0.2, 0) is 4.79 Å². The van der Waals surface area contributed by atoms with Crippen molar-refractivity contribution in [2.24, 2.45) is 0 Å². The summed E-state index contributed by atoms with van der Waals surface area (Å²) in [6.45, 7) is 5.37. The van der Waals surface area contributed by atoms with Crippen molar-refractivity contribution in [3.63, 3.8) is 0 Å². The van der Waals surface area contributed by atoms with E-state index >= 15 is 0 Å². The van der Waals surface area contributed by atoms with Crippen LogP contribution in [0, 0.1) is 5.82 Å². The molecule has 1 amide bonds. The third kappa shape index (κ3) is 5.37. The molecule has 8 heteroatoms. The van der Waals surface area contributed by atoms with Gasteiger partial charge in [-0.15, -0.1) is 10.2 Å². The summed E-state index contributed by atoms with van der Waals surface area (Å²) in [5.41, 5.74) is 1.20. The maximum Gasteiger partial charge on any atom is 0.230 e. The molecule has 4 rings (SSSR count). The van der Waals surface area contributed by atoms with Crippen molar-refractivity contribution in [3.8, 4) is 17.1 Å². The second kappa shape index (κ2) is 10.7. The lowest BCUT2D eigenvalue weighted by atomic mass is 10.1. The topological polar surface area (TPSA) is 63.1 Å². The fraction of sp³-hybridized carbons (Fsp3) is 0.375. The first-order valence-electron chi connectivity index (χ1n) is 11.1. The molecule has 1 N–H and O–H groups in total. The van der Waals surface area contributed by atoms with E-state index in [4.69, 9.17) is 0 Å². The molecule has 1 aromatic heterocycles. The van der Waals surface area contributed by atoms with Gasteiger partial charge in [0.05, 0.1) is 11.3 Å². The Labute approximate surface area is 192 Å². The molecule has 0 spiro atoms. The number of hydrogen-bond donors (Lipinski definition) is 1. The Morgan fingerprint density at radius 2 is 1.81 bits per heavy atom. The van der Waals surface area contributed by atoms with Gasteiger partial charge in [-0.25, -0.2) is 4.39 Å². The van der Waals surface area contributed by atoms with Crippen molar-refractivity contribution in [2.45, 2.75) is 37.4 Å². The number of halogens is 1. The number of nitrogens with one attached hydrogen (secondary N) is 1. The van der Waals surface area contributed by atoms with E-state index in [1.165, 1.54) is 17.8 Å². The number of benzene rings is 2. The maximum atomic E-state index is 14.5. The number of piperidine rings is 1. The van der Waals surface area contributed by atoms with Crippen LogP contribution >= 0.6 is 11.8 Å². The first kappa shape index (κ1) is 22.5. The fourth-order valence-corrected chi connectivity index (χ4v) is 4.77. The normalized spacial score (nSPS) is 15.1. The zero-order valence-electron chi connectivity index (χ0n) is 18.2. The summed E-state index contributed by atoms with van der Waals surface area (Å²) in [7, 11) is 0. The molecular weight excluding hydrogens is 425 g/mol. The number of likely N-dealkylation sites (tertiary alicyclic amines) is 1. The molecule has 168 valence electrons. The molecule has 0 aliphatic carbocycles. The highest BCUT2D eigenvalue weighted by Crippen LogP contribution is 2.29. The number of hydrogen-bond acceptors (Lipinski definition) is 5. The number of thioether (sulfide) groups is 1. The summed E-state index contributed by atoms with van der Waals surface area (Å²) >= 11 is 1.31. The quantitative estimate of drug-likeness (QED) is 0.519. The smallest absolute Gasteiger partial charge is 0.230 e. The van der Waals surface area contributed by atoms with Crippen molar-refractivity contribution in [1.82, 2.24) is 25.0 Å². The predicted octanol–water partition coefficient (Wildman–Crippen LogP) is 4.16. The van der Waals surface area contributed by atoms with E-state index in [0.717, 1.165) is 44.6 Å². The Morgan fingerprint density at radius 3 is 2.53 bits per heavy atom. The van der Waals surface area contributed by atoms with Crippen molar-refractivity contribution < 1.29 is 9.18 Å². The predicted molar refractivity (Wildman–Crippen MR) is 125 cm³/mol. The van der Waals surface area contributed by atoms with E-state index in [1.54, 1.807) is 22.8 Å². The van der Waals surface area contributed by atoms with Crippen molar-refractivity contribution >= 4 is 17.7 Å². The summed E-state index contributed by atoms with van der Waals surface area (Å²) in [5, 5.41) is 12.3. The minimum Gasteiger partial charge on any atom is -0.353 e. The van der Waals surface area contributed by atoms with Crippen molar-refractivity contribution in [1.29, 1.82) is 0 Å². The molecule has 0 bridgehead atoms. The molecule has 3 aromatic rings. The molecule has 2 heterocycles. The SMILES string of the molecule is CCCN1CCC(NC(=O)CSc2nnc(-c3ccccc3F)n2-c2ccccc2)CC1. The minimum absolute atomic E-state index is 0.0148. The molecule has 1 fully saturated rings. The van der Waals surface area contributed by atoms with Crippen LogP contribution in [0.3, 0.4) is 0 Å². The summed E-state index contributed by atoms with van der Waals surface area (Å²) < 4.78 is 16.3. The van der Waals surface area contributed by atoms with Crippen LogP contribution in [0.1, 0.15) is 26.2 Å². The van der Waals surface area contributed by atoms with Crippen LogP contribution in [0.2, 0.25) is 0 Å². The number of carbonyl (C=O) groups excluding carboxylic acids is 1. The van der Waals surface area contributed by atoms with Crippen LogP contribution in [-0.4, -0.2) is 57.0 Å². The van der Waals surface area contributed by atoms with Crippen molar-refractivity contribution in [2.75, 3.05) is 25.4 Å². The molecule has 2 aromatic carbocycles. The van der Waals surface area contributed by atoms with Gasteiger partial charge in [0.1, 0.15) is 5.82 Å². The first-order chi connectivity index (χ1) is 15.7. The molecule has 1 saturated heterocycles. The number of amides is 1. The van der Waals surface area contributed by atoms with Gasteiger partial charge in [0.25, 0.3) is 0 Å². The highest BCUT2D eigenvalue weighted by Gasteiger charge is 2.22. The van der Waals surface area contributed by atoms with Gasteiger partial charge in [0, 0.05) is 24.8 Å². The number of carbonyl (C=O) groups is 1. The zero-order chi connectivity index (χ0) is 22.3. The van der Waals surface area contributed by atoms with Crippen LogP contribution < -0.4 is 5.32 Å². The summed E-state index contributed by atoms with van der Waals surface area (Å²) in [5.74, 6) is 0.275. The second-order valence-corrected chi connectivity index (χ2v) is 8.87. The highest BCUT2D eigenvalue weighted by atomic mass is 32.2. The van der Waals surface area contributed by atoms with Gasteiger partial charge >= 0.3 is 0 Å². The molecule has 0 radical (unpaired) electrons. The molecule has 0 saturated carbocycles. The Kier molecular flexibility index (Phi) is 7.55. The van der Waals surface area contributed by atoms with Crippen LogP contribution in [0.4, 0.5) is 4.39 Å². The Balaban J connectivity index is 1.46. The number of para-hydroxylation sites is 1. The van der Waals surface area contributed by atoms with Crippen LogP contribution in [0.5, 0.6) is 0 Å². The fourth-order valence-electron chi connectivity index (χ4n) is 4.01. The molecule has 1 aliphatic heterocycles. The Morgan fingerprint density at radius 1 is 1.09 bits per heavy atom. The van der Waals surface area contributed by atoms with Gasteiger partial charge in [0.15, 0.2) is 11.0 Å². The Bertz CT molecular complexity index is 1030. The molecule has 6 nitrogen and oxygen atoms in total. The zero-order valence-corrected chi connectivity index (χ0v) is 19.0. The molecule has 32 heavy (non-hydrogen) atoms. The Hall–Kier alpha value is -2.71. The molecule has 0 atom stereocenters. The summed E-state index contributed by atoms with van der Waals surface area (Å²) in [6.07, 6.45) is 3.12. The standard InChI is InChI=1S/C24H28FN5OS/c1-2-14-29-15-12-18(13-16-29)26-22(31)17-32-24-28-27-23(20-10-6-7-11-21(20)25)30(24)19-8-4-3-5-9-19/h3-11,18H,2,12-17H2,1H3,(H,26,31). The van der Waals surface area contributed by atoms with E-state index in [9.17, 15) is 9.18 Å². The summed E-state index contributed by atoms with van der Waals surface area (Å²) in [4.78, 5) is 15.1. The van der Waals surface area contributed by atoms with Gasteiger partial charge in [-0.3, -0.25) is 9.36 Å². The van der Waals surface area contributed by atoms with E-state index in [-0.39, 0.29) is 23.5 Å². The van der Waals surface area contributed by atoms with Crippen molar-refractivity contribution in [3.05, 3.63) is 60.4 Å².